The second-order valence-electron chi connectivity index (χ2n) is 4.42. The molecule has 0 spiro atoms. The van der Waals surface area contributed by atoms with Crippen LogP contribution in [0.4, 0.5) is 5.69 Å². The fourth-order valence-corrected chi connectivity index (χ4v) is 2.16. The summed E-state index contributed by atoms with van der Waals surface area (Å²) in [5, 5.41) is 4.03. The summed E-state index contributed by atoms with van der Waals surface area (Å²) in [7, 11) is 0. The number of rotatable bonds is 3. The molecular weight excluding hydrogens is 236 g/mol. The first kappa shape index (κ1) is 11.5. The fourth-order valence-electron chi connectivity index (χ4n) is 2.16. The van der Waals surface area contributed by atoms with Crippen molar-refractivity contribution in [1.82, 2.24) is 4.57 Å². The van der Waals surface area contributed by atoms with Crippen molar-refractivity contribution < 1.29 is 4.79 Å². The quantitative estimate of drug-likeness (QED) is 0.760. The van der Waals surface area contributed by atoms with Gasteiger partial charge in [-0.1, -0.05) is 36.4 Å². The first-order valence-electron chi connectivity index (χ1n) is 6.22. The van der Waals surface area contributed by atoms with Gasteiger partial charge in [0, 0.05) is 17.4 Å². The number of carbonyl (C=O) groups excluding carboxylic acids is 1. The Bertz CT molecular complexity index is 701. The second-order valence-corrected chi connectivity index (χ2v) is 4.42. The predicted octanol–water partition coefficient (Wildman–Crippen LogP) is 3.28. The minimum Gasteiger partial charge on any atom is -0.338 e. The first-order chi connectivity index (χ1) is 9.33. The maximum atomic E-state index is 12.0. The monoisotopic (exact) mass is 250 g/mol. The number of para-hydroxylation sites is 2. The van der Waals surface area contributed by atoms with Crippen LogP contribution in [0, 0.1) is 0 Å². The second kappa shape index (κ2) is 4.98. The fraction of sp³-hybridized carbons (Fsp3) is 0.0625. The number of hydrogen-bond donors (Lipinski definition) is 1. The molecule has 1 amide bonds. The number of nitrogens with zero attached hydrogens (tertiary/aromatic N) is 1. The molecule has 1 N–H and O–H groups in total. The predicted molar refractivity (Wildman–Crippen MR) is 77.0 cm³/mol. The Morgan fingerprint density at radius 1 is 0.947 bits per heavy atom. The van der Waals surface area contributed by atoms with Gasteiger partial charge in [0.25, 0.3) is 0 Å². The smallest absolute Gasteiger partial charge is 0.244 e. The number of fused-ring (bicyclic) bond motifs is 1. The number of amides is 1. The molecule has 0 aliphatic rings. The highest BCUT2D eigenvalue weighted by atomic mass is 16.1. The molecule has 0 saturated carbocycles. The van der Waals surface area contributed by atoms with E-state index in [1.54, 1.807) is 0 Å². The van der Waals surface area contributed by atoms with E-state index >= 15 is 0 Å². The van der Waals surface area contributed by atoms with E-state index in [9.17, 15) is 4.79 Å². The van der Waals surface area contributed by atoms with Crippen molar-refractivity contribution >= 4 is 22.5 Å². The molecule has 0 radical (unpaired) electrons. The van der Waals surface area contributed by atoms with Gasteiger partial charge in [0.05, 0.1) is 0 Å². The molecular formula is C16H14N2O. The van der Waals surface area contributed by atoms with Gasteiger partial charge in [0.1, 0.15) is 6.54 Å². The van der Waals surface area contributed by atoms with E-state index in [0.717, 1.165) is 16.6 Å². The molecule has 1 aromatic heterocycles. The molecule has 0 unspecified atom stereocenters. The van der Waals surface area contributed by atoms with E-state index in [2.05, 4.69) is 5.32 Å². The summed E-state index contributed by atoms with van der Waals surface area (Å²) in [5.41, 5.74) is 1.90. The summed E-state index contributed by atoms with van der Waals surface area (Å²) >= 11 is 0. The lowest BCUT2D eigenvalue weighted by Gasteiger charge is -2.07. The van der Waals surface area contributed by atoms with Crippen molar-refractivity contribution in [3.8, 4) is 0 Å². The van der Waals surface area contributed by atoms with Crippen LogP contribution in [0.15, 0.2) is 66.9 Å². The van der Waals surface area contributed by atoms with Crippen LogP contribution in [0.5, 0.6) is 0 Å². The Morgan fingerprint density at radius 2 is 1.68 bits per heavy atom. The van der Waals surface area contributed by atoms with E-state index in [-0.39, 0.29) is 5.91 Å². The number of benzene rings is 2. The molecule has 19 heavy (non-hydrogen) atoms. The minimum atomic E-state index is -0.0208. The van der Waals surface area contributed by atoms with Gasteiger partial charge in [-0.15, -0.1) is 0 Å². The van der Waals surface area contributed by atoms with Gasteiger partial charge in [0.15, 0.2) is 0 Å². The van der Waals surface area contributed by atoms with Crippen molar-refractivity contribution in [3.63, 3.8) is 0 Å². The molecule has 0 fully saturated rings. The normalized spacial score (nSPS) is 10.5. The van der Waals surface area contributed by atoms with E-state index < -0.39 is 0 Å². The molecule has 0 saturated heterocycles. The van der Waals surface area contributed by atoms with E-state index in [4.69, 9.17) is 0 Å². The highest BCUT2D eigenvalue weighted by Gasteiger charge is 2.05. The van der Waals surface area contributed by atoms with Gasteiger partial charge in [-0.3, -0.25) is 4.79 Å². The highest BCUT2D eigenvalue weighted by Crippen LogP contribution is 2.15. The Kier molecular flexibility index (Phi) is 3.02. The maximum Gasteiger partial charge on any atom is 0.244 e. The number of nitrogens with one attached hydrogen (secondary N) is 1. The lowest BCUT2D eigenvalue weighted by molar-refractivity contribution is -0.116. The molecule has 0 aliphatic heterocycles. The van der Waals surface area contributed by atoms with Gasteiger partial charge in [0.2, 0.25) is 5.91 Å². The molecule has 3 aromatic rings. The van der Waals surface area contributed by atoms with Crippen molar-refractivity contribution in [2.24, 2.45) is 0 Å². The Labute approximate surface area is 111 Å². The Balaban J connectivity index is 1.76. The van der Waals surface area contributed by atoms with Crippen molar-refractivity contribution in [3.05, 3.63) is 66.9 Å². The van der Waals surface area contributed by atoms with Gasteiger partial charge in [-0.2, -0.15) is 0 Å². The molecule has 0 aliphatic carbocycles. The van der Waals surface area contributed by atoms with Crippen LogP contribution in [0.2, 0.25) is 0 Å². The van der Waals surface area contributed by atoms with Gasteiger partial charge < -0.3 is 9.88 Å². The number of hydrogen-bond acceptors (Lipinski definition) is 1. The summed E-state index contributed by atoms with van der Waals surface area (Å²) < 4.78 is 1.95. The minimum absolute atomic E-state index is 0.0208. The van der Waals surface area contributed by atoms with Crippen LogP contribution in [0.1, 0.15) is 0 Å². The van der Waals surface area contributed by atoms with Crippen LogP contribution >= 0.6 is 0 Å². The number of anilines is 1. The van der Waals surface area contributed by atoms with Crippen LogP contribution in [-0.2, 0) is 11.3 Å². The maximum absolute atomic E-state index is 12.0. The lowest BCUT2D eigenvalue weighted by Crippen LogP contribution is -2.18. The summed E-state index contributed by atoms with van der Waals surface area (Å²) in [6.07, 6.45) is 1.94. The summed E-state index contributed by atoms with van der Waals surface area (Å²) in [4.78, 5) is 12.0. The standard InChI is InChI=1S/C16H14N2O/c19-16(17-14-7-2-1-3-8-14)12-18-11-10-13-6-4-5-9-15(13)18/h1-11H,12H2,(H,17,19). The number of aromatic nitrogens is 1. The average Bonchev–Trinajstić information content (AvgIpc) is 2.83. The molecule has 3 nitrogen and oxygen atoms in total. The SMILES string of the molecule is O=C(Cn1ccc2ccccc21)Nc1ccccc1. The van der Waals surface area contributed by atoms with E-state index in [0.29, 0.717) is 6.54 Å². The zero-order valence-electron chi connectivity index (χ0n) is 10.4. The van der Waals surface area contributed by atoms with E-state index in [1.165, 1.54) is 0 Å². The van der Waals surface area contributed by atoms with Crippen molar-refractivity contribution in [2.75, 3.05) is 5.32 Å². The van der Waals surface area contributed by atoms with Crippen LogP contribution in [-0.4, -0.2) is 10.5 Å². The van der Waals surface area contributed by atoms with E-state index in [1.807, 2.05) is 71.4 Å². The van der Waals surface area contributed by atoms with Crippen LogP contribution in [0.3, 0.4) is 0 Å². The van der Waals surface area contributed by atoms with Crippen LogP contribution < -0.4 is 5.32 Å². The Hall–Kier alpha value is -2.55. The zero-order chi connectivity index (χ0) is 13.1. The summed E-state index contributed by atoms with van der Waals surface area (Å²) in [5.74, 6) is -0.0208. The Morgan fingerprint density at radius 3 is 2.53 bits per heavy atom. The molecule has 0 atom stereocenters. The average molecular weight is 250 g/mol. The van der Waals surface area contributed by atoms with Crippen LogP contribution in [0.25, 0.3) is 10.9 Å². The van der Waals surface area contributed by atoms with Gasteiger partial charge in [-0.25, -0.2) is 0 Å². The zero-order valence-corrected chi connectivity index (χ0v) is 10.4. The molecule has 94 valence electrons. The highest BCUT2D eigenvalue weighted by molar-refractivity contribution is 5.92. The molecule has 3 rings (SSSR count). The largest absolute Gasteiger partial charge is 0.338 e. The third-order valence-electron chi connectivity index (χ3n) is 3.05. The number of carbonyl (C=O) groups is 1. The third-order valence-corrected chi connectivity index (χ3v) is 3.05. The third kappa shape index (κ3) is 2.50. The van der Waals surface area contributed by atoms with Gasteiger partial charge in [-0.05, 0) is 29.7 Å². The molecule has 1 heterocycles. The molecule has 3 heteroatoms. The summed E-state index contributed by atoms with van der Waals surface area (Å²) in [6, 6.07) is 19.6. The van der Waals surface area contributed by atoms with Crippen molar-refractivity contribution in [1.29, 1.82) is 0 Å². The molecule has 2 aromatic carbocycles. The summed E-state index contributed by atoms with van der Waals surface area (Å²) in [6.45, 7) is 0.322. The van der Waals surface area contributed by atoms with Crippen molar-refractivity contribution in [2.45, 2.75) is 6.54 Å². The lowest BCUT2D eigenvalue weighted by atomic mass is 10.2. The molecule has 0 bridgehead atoms. The first-order valence-corrected chi connectivity index (χ1v) is 6.22. The van der Waals surface area contributed by atoms with Gasteiger partial charge >= 0.3 is 0 Å². The topological polar surface area (TPSA) is 34.0 Å².